The first-order chi connectivity index (χ1) is 17.4. The maximum atomic E-state index is 13.2. The molecule has 2 heterocycles. The largest absolute Gasteiger partial charge is 0.493 e. The van der Waals surface area contributed by atoms with Crippen LogP contribution in [0.2, 0.25) is 5.02 Å². The van der Waals surface area contributed by atoms with E-state index in [0.717, 1.165) is 10.5 Å². The second-order valence-corrected chi connectivity index (χ2v) is 8.26. The lowest BCUT2D eigenvalue weighted by Gasteiger charge is -2.26. The highest BCUT2D eigenvalue weighted by molar-refractivity contribution is 6.39. The van der Waals surface area contributed by atoms with Gasteiger partial charge in [0.15, 0.2) is 23.0 Å². The lowest BCUT2D eigenvalue weighted by Crippen LogP contribution is -2.54. The molecule has 0 aromatic heterocycles. The molecule has 0 radical (unpaired) electrons. The number of carbonyl (C=O) groups excluding carboxylic acids is 3. The maximum Gasteiger partial charge on any atom is 0.335 e. The lowest BCUT2D eigenvalue weighted by molar-refractivity contribution is -0.122. The summed E-state index contributed by atoms with van der Waals surface area (Å²) in [5, 5.41) is 2.83. The number of imide groups is 2. The molecule has 0 atom stereocenters. The Hall–Kier alpha value is -4.50. The highest BCUT2D eigenvalue weighted by Gasteiger charge is 2.37. The Morgan fingerprint density at radius 1 is 0.972 bits per heavy atom. The van der Waals surface area contributed by atoms with Crippen molar-refractivity contribution in [3.05, 3.63) is 82.4 Å². The van der Waals surface area contributed by atoms with Crippen LogP contribution in [-0.4, -0.2) is 31.7 Å². The summed E-state index contributed by atoms with van der Waals surface area (Å²) in [5.74, 6) is 0.209. The molecule has 36 heavy (non-hydrogen) atoms. The van der Waals surface area contributed by atoms with Crippen LogP contribution in [0.5, 0.6) is 23.0 Å². The van der Waals surface area contributed by atoms with Gasteiger partial charge in [0.25, 0.3) is 11.8 Å². The standard InChI is InChI=1S/C26H19ClN2O7/c1-33-22-11-16(4-8-20(22)34-13-15-2-5-17(27)6-3-15)10-19-24(30)28-26(32)29(25(19)31)18-7-9-21-23(12-18)36-14-35-21/h2-12H,13-14H2,1H3,(H,28,30,32)/b19-10+. The third-order valence-electron chi connectivity index (χ3n) is 5.52. The molecule has 1 fully saturated rings. The number of hydrogen-bond acceptors (Lipinski definition) is 7. The van der Waals surface area contributed by atoms with Gasteiger partial charge in [0.2, 0.25) is 6.79 Å². The number of ether oxygens (including phenoxy) is 4. The number of hydrogen-bond donors (Lipinski definition) is 1. The van der Waals surface area contributed by atoms with Crippen LogP contribution in [-0.2, 0) is 16.2 Å². The number of rotatable bonds is 6. The highest BCUT2D eigenvalue weighted by Crippen LogP contribution is 2.36. The lowest BCUT2D eigenvalue weighted by atomic mass is 10.1. The molecule has 0 unspecified atom stereocenters. The Bertz CT molecular complexity index is 1400. The molecule has 3 aromatic carbocycles. The van der Waals surface area contributed by atoms with Gasteiger partial charge in [-0.05, 0) is 53.6 Å². The molecule has 0 spiro atoms. The maximum absolute atomic E-state index is 13.2. The predicted molar refractivity (Wildman–Crippen MR) is 130 cm³/mol. The number of barbiturate groups is 1. The van der Waals surface area contributed by atoms with E-state index in [-0.39, 0.29) is 18.1 Å². The summed E-state index contributed by atoms with van der Waals surface area (Å²) in [7, 11) is 1.49. The molecule has 1 saturated heterocycles. The van der Waals surface area contributed by atoms with Crippen molar-refractivity contribution in [3.8, 4) is 23.0 Å². The predicted octanol–water partition coefficient (Wildman–Crippen LogP) is 4.32. The minimum absolute atomic E-state index is 0.0454. The summed E-state index contributed by atoms with van der Waals surface area (Å²) in [6.45, 7) is 0.339. The highest BCUT2D eigenvalue weighted by atomic mass is 35.5. The van der Waals surface area contributed by atoms with Gasteiger partial charge in [-0.25, -0.2) is 9.69 Å². The zero-order chi connectivity index (χ0) is 25.2. The summed E-state index contributed by atoms with van der Waals surface area (Å²) < 4.78 is 21.9. The molecular weight excluding hydrogens is 488 g/mol. The fourth-order valence-electron chi connectivity index (χ4n) is 3.72. The van der Waals surface area contributed by atoms with Crippen molar-refractivity contribution >= 4 is 41.2 Å². The number of fused-ring (bicyclic) bond motifs is 1. The van der Waals surface area contributed by atoms with Gasteiger partial charge in [-0.3, -0.25) is 14.9 Å². The van der Waals surface area contributed by atoms with Gasteiger partial charge in [-0.15, -0.1) is 0 Å². The summed E-state index contributed by atoms with van der Waals surface area (Å²) >= 11 is 5.92. The first-order valence-corrected chi connectivity index (χ1v) is 11.2. The molecule has 0 bridgehead atoms. The molecule has 1 N–H and O–H groups in total. The van der Waals surface area contributed by atoms with E-state index in [1.54, 1.807) is 36.4 Å². The van der Waals surface area contributed by atoms with Crippen molar-refractivity contribution in [1.29, 1.82) is 0 Å². The fraction of sp³-hybridized carbons (Fsp3) is 0.115. The number of nitrogens with one attached hydrogen (secondary N) is 1. The molecule has 0 aliphatic carbocycles. The molecule has 5 rings (SSSR count). The van der Waals surface area contributed by atoms with E-state index in [1.807, 2.05) is 12.1 Å². The van der Waals surface area contributed by atoms with Crippen molar-refractivity contribution in [1.82, 2.24) is 5.32 Å². The number of urea groups is 1. The minimum atomic E-state index is -0.857. The van der Waals surface area contributed by atoms with Crippen LogP contribution in [0.3, 0.4) is 0 Å². The van der Waals surface area contributed by atoms with E-state index in [4.69, 9.17) is 30.5 Å². The molecular formula is C26H19ClN2O7. The Morgan fingerprint density at radius 3 is 2.53 bits per heavy atom. The Morgan fingerprint density at radius 2 is 1.75 bits per heavy atom. The number of nitrogens with zero attached hydrogens (tertiary/aromatic N) is 1. The Balaban J connectivity index is 1.39. The molecule has 9 nitrogen and oxygen atoms in total. The van der Waals surface area contributed by atoms with Crippen molar-refractivity contribution in [2.75, 3.05) is 18.8 Å². The molecule has 3 aromatic rings. The quantitative estimate of drug-likeness (QED) is 0.392. The van der Waals surface area contributed by atoms with Crippen molar-refractivity contribution in [2.24, 2.45) is 0 Å². The first-order valence-electron chi connectivity index (χ1n) is 10.8. The SMILES string of the molecule is COc1cc(/C=C2\C(=O)NC(=O)N(c3ccc4c(c3)OCO4)C2=O)ccc1OCc1ccc(Cl)cc1. The fourth-order valence-corrected chi connectivity index (χ4v) is 3.84. The number of carbonyl (C=O) groups is 3. The van der Waals surface area contributed by atoms with Gasteiger partial charge < -0.3 is 18.9 Å². The summed E-state index contributed by atoms with van der Waals surface area (Å²) in [6.07, 6.45) is 1.38. The zero-order valence-corrected chi connectivity index (χ0v) is 19.7. The molecule has 4 amide bonds. The number of benzene rings is 3. The molecule has 2 aliphatic rings. The second-order valence-electron chi connectivity index (χ2n) is 7.82. The van der Waals surface area contributed by atoms with E-state index in [1.165, 1.54) is 25.3 Å². The van der Waals surface area contributed by atoms with Gasteiger partial charge in [0.05, 0.1) is 12.8 Å². The van der Waals surface area contributed by atoms with Crippen LogP contribution in [0.1, 0.15) is 11.1 Å². The van der Waals surface area contributed by atoms with Crippen LogP contribution in [0.4, 0.5) is 10.5 Å². The molecule has 182 valence electrons. The van der Waals surface area contributed by atoms with E-state index in [9.17, 15) is 14.4 Å². The molecule has 2 aliphatic heterocycles. The van der Waals surface area contributed by atoms with E-state index in [0.29, 0.717) is 40.2 Å². The average molecular weight is 507 g/mol. The van der Waals surface area contributed by atoms with Gasteiger partial charge in [0.1, 0.15) is 12.2 Å². The number of anilines is 1. The molecule has 0 saturated carbocycles. The van der Waals surface area contributed by atoms with E-state index >= 15 is 0 Å². The molecule has 10 heteroatoms. The number of halogens is 1. The van der Waals surface area contributed by atoms with Gasteiger partial charge in [0, 0.05) is 11.1 Å². The van der Waals surface area contributed by atoms with E-state index < -0.39 is 17.8 Å². The topological polar surface area (TPSA) is 103 Å². The van der Waals surface area contributed by atoms with Gasteiger partial charge >= 0.3 is 6.03 Å². The van der Waals surface area contributed by atoms with Gasteiger partial charge in [-0.2, -0.15) is 0 Å². The van der Waals surface area contributed by atoms with Crippen LogP contribution in [0, 0.1) is 0 Å². The third-order valence-corrected chi connectivity index (χ3v) is 5.77. The van der Waals surface area contributed by atoms with Crippen molar-refractivity contribution < 1.29 is 33.3 Å². The Labute approximate surface area is 210 Å². The normalized spacial score (nSPS) is 15.8. The minimum Gasteiger partial charge on any atom is -0.493 e. The summed E-state index contributed by atoms with van der Waals surface area (Å²) in [4.78, 5) is 39.1. The van der Waals surface area contributed by atoms with Crippen LogP contribution >= 0.6 is 11.6 Å². The average Bonchev–Trinajstić information content (AvgIpc) is 3.34. The van der Waals surface area contributed by atoms with Crippen LogP contribution < -0.4 is 29.2 Å². The van der Waals surface area contributed by atoms with Crippen LogP contribution in [0.15, 0.2) is 66.2 Å². The van der Waals surface area contributed by atoms with Gasteiger partial charge in [-0.1, -0.05) is 29.8 Å². The summed E-state index contributed by atoms with van der Waals surface area (Å²) in [6, 6.07) is 16.0. The summed E-state index contributed by atoms with van der Waals surface area (Å²) in [5.41, 5.74) is 1.45. The van der Waals surface area contributed by atoms with Crippen molar-refractivity contribution in [2.45, 2.75) is 6.61 Å². The van der Waals surface area contributed by atoms with Crippen LogP contribution in [0.25, 0.3) is 6.08 Å². The van der Waals surface area contributed by atoms with E-state index in [2.05, 4.69) is 5.32 Å². The smallest absolute Gasteiger partial charge is 0.335 e. The zero-order valence-electron chi connectivity index (χ0n) is 18.9. The second kappa shape index (κ2) is 9.63. The Kier molecular flexibility index (Phi) is 6.22. The number of amides is 4. The van der Waals surface area contributed by atoms with Crippen molar-refractivity contribution in [3.63, 3.8) is 0 Å². The first kappa shape index (κ1) is 23.3. The third kappa shape index (κ3) is 4.56. The monoisotopic (exact) mass is 506 g/mol. The number of methoxy groups -OCH3 is 1.